The van der Waals surface area contributed by atoms with Crippen LogP contribution in [0.2, 0.25) is 0 Å². The van der Waals surface area contributed by atoms with Gasteiger partial charge < -0.3 is 10.4 Å². The second-order valence-corrected chi connectivity index (χ2v) is 5.46. The molecule has 1 aromatic rings. The van der Waals surface area contributed by atoms with Gasteiger partial charge in [-0.1, -0.05) is 25.3 Å². The van der Waals surface area contributed by atoms with Crippen LogP contribution in [0.1, 0.15) is 32.1 Å². The Kier molecular flexibility index (Phi) is 4.54. The molecular weight excluding hydrogens is 263 g/mol. The van der Waals surface area contributed by atoms with Crippen LogP contribution in [0, 0.1) is 21.3 Å². The van der Waals surface area contributed by atoms with Crippen molar-refractivity contribution in [3.05, 3.63) is 34.1 Å². The second-order valence-electron chi connectivity index (χ2n) is 5.46. The predicted octanol–water partition coefficient (Wildman–Crippen LogP) is 3.09. The number of benzene rings is 1. The lowest BCUT2D eigenvalue weighted by molar-refractivity contribution is -0.384. The third-order valence-electron chi connectivity index (χ3n) is 4.08. The minimum Gasteiger partial charge on any atom is -0.396 e. The normalized spacial score (nSPS) is 17.7. The largest absolute Gasteiger partial charge is 0.396 e. The number of nitrogens with one attached hydrogen (secondary N) is 1. The van der Waals surface area contributed by atoms with Crippen LogP contribution >= 0.6 is 0 Å². The van der Waals surface area contributed by atoms with Gasteiger partial charge in [-0.05, 0) is 18.9 Å². The quantitative estimate of drug-likeness (QED) is 0.642. The number of hydrogen-bond donors (Lipinski definition) is 2. The minimum atomic E-state index is -0.636. The number of nitrogens with zero attached hydrogens (tertiary/aromatic N) is 1. The molecule has 110 valence electrons. The van der Waals surface area contributed by atoms with Crippen LogP contribution in [0.3, 0.4) is 0 Å². The summed E-state index contributed by atoms with van der Waals surface area (Å²) in [7, 11) is 0. The van der Waals surface area contributed by atoms with Gasteiger partial charge in [0.05, 0.1) is 11.5 Å². The Morgan fingerprint density at radius 1 is 1.35 bits per heavy atom. The SMILES string of the molecule is O=[N+]([O-])c1cccc(F)c1NCC1(CO)CCCCC1. The highest BCUT2D eigenvalue weighted by molar-refractivity contribution is 5.62. The number of aliphatic hydroxyl groups is 1. The summed E-state index contributed by atoms with van der Waals surface area (Å²) in [5, 5.41) is 23.4. The fourth-order valence-corrected chi connectivity index (χ4v) is 2.81. The first-order chi connectivity index (χ1) is 9.58. The van der Waals surface area contributed by atoms with E-state index in [1.54, 1.807) is 0 Å². The summed E-state index contributed by atoms with van der Waals surface area (Å²) in [5.41, 5.74) is -0.654. The first kappa shape index (κ1) is 14.7. The van der Waals surface area contributed by atoms with Crippen molar-refractivity contribution in [2.75, 3.05) is 18.5 Å². The zero-order valence-electron chi connectivity index (χ0n) is 11.3. The average molecular weight is 282 g/mol. The van der Waals surface area contributed by atoms with Crippen LogP contribution in [0.5, 0.6) is 0 Å². The Hall–Kier alpha value is -1.69. The van der Waals surface area contributed by atoms with Gasteiger partial charge in [-0.2, -0.15) is 0 Å². The molecule has 1 fully saturated rings. The minimum absolute atomic E-state index is 0.0161. The lowest BCUT2D eigenvalue weighted by Gasteiger charge is -2.35. The molecule has 1 aromatic carbocycles. The monoisotopic (exact) mass is 282 g/mol. The molecular formula is C14H19FN2O3. The fourth-order valence-electron chi connectivity index (χ4n) is 2.81. The summed E-state index contributed by atoms with van der Waals surface area (Å²) in [6, 6.07) is 3.79. The molecule has 0 saturated heterocycles. The predicted molar refractivity (Wildman–Crippen MR) is 74.1 cm³/mol. The van der Waals surface area contributed by atoms with E-state index in [9.17, 15) is 19.6 Å². The summed E-state index contributed by atoms with van der Waals surface area (Å²) in [6.45, 7) is 0.369. The first-order valence-electron chi connectivity index (χ1n) is 6.86. The highest BCUT2D eigenvalue weighted by atomic mass is 19.1. The molecule has 1 aliphatic rings. The molecule has 5 nitrogen and oxygen atoms in total. The Labute approximate surface area is 117 Å². The Morgan fingerprint density at radius 3 is 2.65 bits per heavy atom. The van der Waals surface area contributed by atoms with Crippen molar-refractivity contribution >= 4 is 11.4 Å². The first-order valence-corrected chi connectivity index (χ1v) is 6.86. The zero-order valence-corrected chi connectivity index (χ0v) is 11.3. The van der Waals surface area contributed by atoms with E-state index in [0.29, 0.717) is 6.54 Å². The number of para-hydroxylation sites is 1. The Bertz CT molecular complexity index is 487. The molecule has 20 heavy (non-hydrogen) atoms. The third-order valence-corrected chi connectivity index (χ3v) is 4.08. The number of halogens is 1. The van der Waals surface area contributed by atoms with Crippen molar-refractivity contribution in [3.8, 4) is 0 Å². The molecule has 0 radical (unpaired) electrons. The van der Waals surface area contributed by atoms with Gasteiger partial charge >= 0.3 is 0 Å². The molecule has 1 aliphatic carbocycles. The van der Waals surface area contributed by atoms with E-state index in [1.807, 2.05) is 0 Å². The van der Waals surface area contributed by atoms with E-state index in [0.717, 1.165) is 32.1 Å². The highest BCUT2D eigenvalue weighted by Gasteiger charge is 2.32. The maximum atomic E-state index is 13.8. The van der Waals surface area contributed by atoms with Crippen LogP contribution in [0.4, 0.5) is 15.8 Å². The van der Waals surface area contributed by atoms with Crippen LogP contribution in [0.25, 0.3) is 0 Å². The van der Waals surface area contributed by atoms with Crippen LogP contribution in [-0.2, 0) is 0 Å². The van der Waals surface area contributed by atoms with Crippen molar-refractivity contribution in [2.24, 2.45) is 5.41 Å². The summed E-state index contributed by atoms with van der Waals surface area (Å²) in [4.78, 5) is 10.3. The van der Waals surface area contributed by atoms with E-state index in [-0.39, 0.29) is 23.4 Å². The number of anilines is 1. The molecule has 0 aromatic heterocycles. The van der Waals surface area contributed by atoms with Gasteiger partial charge in [0.25, 0.3) is 5.69 Å². The number of nitro groups is 1. The lowest BCUT2D eigenvalue weighted by atomic mass is 9.74. The number of nitro benzene ring substituents is 1. The maximum absolute atomic E-state index is 13.8. The number of aliphatic hydroxyl groups excluding tert-OH is 1. The highest BCUT2D eigenvalue weighted by Crippen LogP contribution is 2.37. The van der Waals surface area contributed by atoms with Gasteiger partial charge in [0.15, 0.2) is 5.82 Å². The third kappa shape index (κ3) is 3.07. The summed E-state index contributed by atoms with van der Waals surface area (Å²) in [5.74, 6) is -0.636. The van der Waals surface area contributed by atoms with Gasteiger partial charge in [0, 0.05) is 18.0 Å². The van der Waals surface area contributed by atoms with Crippen LogP contribution in [-0.4, -0.2) is 23.2 Å². The van der Waals surface area contributed by atoms with E-state index >= 15 is 0 Å². The molecule has 0 atom stereocenters. The second kappa shape index (κ2) is 6.17. The molecule has 2 N–H and O–H groups in total. The molecule has 0 bridgehead atoms. The molecule has 2 rings (SSSR count). The fraction of sp³-hybridized carbons (Fsp3) is 0.571. The molecule has 0 amide bonds. The van der Waals surface area contributed by atoms with Gasteiger partial charge in [0.1, 0.15) is 5.69 Å². The van der Waals surface area contributed by atoms with Gasteiger partial charge in [-0.3, -0.25) is 10.1 Å². The summed E-state index contributed by atoms with van der Waals surface area (Å²) in [6.07, 6.45) is 4.92. The molecule has 0 unspecified atom stereocenters. The smallest absolute Gasteiger partial charge is 0.295 e. The van der Waals surface area contributed by atoms with E-state index < -0.39 is 10.7 Å². The topological polar surface area (TPSA) is 75.4 Å². The van der Waals surface area contributed by atoms with Crippen molar-refractivity contribution in [2.45, 2.75) is 32.1 Å². The van der Waals surface area contributed by atoms with Crippen molar-refractivity contribution in [3.63, 3.8) is 0 Å². The standard InChI is InChI=1S/C14H19FN2O3/c15-11-5-4-6-12(17(19)20)13(11)16-9-14(10-18)7-2-1-3-8-14/h4-6,16,18H,1-3,7-10H2. The van der Waals surface area contributed by atoms with E-state index in [1.165, 1.54) is 18.2 Å². The molecule has 0 spiro atoms. The van der Waals surface area contributed by atoms with E-state index in [4.69, 9.17) is 0 Å². The van der Waals surface area contributed by atoms with Crippen molar-refractivity contribution in [1.82, 2.24) is 0 Å². The average Bonchev–Trinajstić information content (AvgIpc) is 2.46. The number of rotatable bonds is 5. The van der Waals surface area contributed by atoms with Crippen LogP contribution in [0.15, 0.2) is 18.2 Å². The van der Waals surface area contributed by atoms with Gasteiger partial charge in [-0.15, -0.1) is 0 Å². The Morgan fingerprint density at radius 2 is 2.05 bits per heavy atom. The van der Waals surface area contributed by atoms with Gasteiger partial charge in [-0.25, -0.2) is 4.39 Å². The van der Waals surface area contributed by atoms with Gasteiger partial charge in [0.2, 0.25) is 0 Å². The summed E-state index contributed by atoms with van der Waals surface area (Å²) < 4.78 is 13.8. The molecule has 0 aliphatic heterocycles. The van der Waals surface area contributed by atoms with E-state index in [2.05, 4.69) is 5.32 Å². The maximum Gasteiger partial charge on any atom is 0.295 e. The lowest BCUT2D eigenvalue weighted by Crippen LogP contribution is -2.35. The zero-order chi connectivity index (χ0) is 14.6. The molecule has 6 heteroatoms. The Balaban J connectivity index is 2.15. The van der Waals surface area contributed by atoms with Crippen molar-refractivity contribution < 1.29 is 14.4 Å². The van der Waals surface area contributed by atoms with Crippen LogP contribution < -0.4 is 5.32 Å². The molecule has 1 saturated carbocycles. The number of hydrogen-bond acceptors (Lipinski definition) is 4. The summed E-state index contributed by atoms with van der Waals surface area (Å²) >= 11 is 0. The molecule has 0 heterocycles. The van der Waals surface area contributed by atoms with Crippen molar-refractivity contribution in [1.29, 1.82) is 0 Å².